The summed E-state index contributed by atoms with van der Waals surface area (Å²) in [5.74, 6) is 0. The first-order valence-corrected chi connectivity index (χ1v) is 9.08. The van der Waals surface area contributed by atoms with Crippen LogP contribution < -0.4 is 0 Å². The number of likely N-dealkylation sites (N-methyl/N-ethyl adjacent to an activating group) is 3. The Kier molecular flexibility index (Phi) is 34.9. The van der Waals surface area contributed by atoms with Gasteiger partial charge in [0, 0.05) is 39.3 Å². The highest BCUT2D eigenvalue weighted by atomic mass is 15.2. The van der Waals surface area contributed by atoms with Crippen molar-refractivity contribution in [2.24, 2.45) is 0 Å². The lowest BCUT2D eigenvalue weighted by Gasteiger charge is -2.26. The lowest BCUT2D eigenvalue weighted by atomic mass is 10.4. The van der Waals surface area contributed by atoms with E-state index in [0.717, 1.165) is 39.3 Å². The summed E-state index contributed by atoms with van der Waals surface area (Å²) >= 11 is 0. The molecule has 0 aromatic carbocycles. The van der Waals surface area contributed by atoms with E-state index in [1.165, 1.54) is 0 Å². The second kappa shape index (κ2) is 25.8. The molecule has 0 bridgehead atoms. The van der Waals surface area contributed by atoms with Crippen LogP contribution in [0.4, 0.5) is 0 Å². The van der Waals surface area contributed by atoms with Crippen LogP contribution in [0.3, 0.4) is 0 Å². The van der Waals surface area contributed by atoms with Crippen LogP contribution in [0.25, 0.3) is 0 Å². The molecule has 0 unspecified atom stereocenters. The van der Waals surface area contributed by atoms with Gasteiger partial charge in [0.2, 0.25) is 0 Å². The van der Waals surface area contributed by atoms with E-state index in [1.807, 2.05) is 41.5 Å². The molecule has 0 N–H and O–H groups in total. The van der Waals surface area contributed by atoms with Crippen LogP contribution in [0.1, 0.15) is 41.5 Å². The Balaban J connectivity index is -0.000000238. The molecule has 0 atom stereocenters. The second-order valence-corrected chi connectivity index (χ2v) is 5.25. The van der Waals surface area contributed by atoms with E-state index < -0.39 is 0 Å². The first-order valence-electron chi connectivity index (χ1n) is 9.08. The molecule has 0 aliphatic heterocycles. The molecular formula is C18H48N4. The fourth-order valence-electron chi connectivity index (χ4n) is 1.36. The van der Waals surface area contributed by atoms with Crippen molar-refractivity contribution in [3.8, 4) is 0 Å². The largest absolute Gasteiger partial charge is 0.308 e. The first-order chi connectivity index (χ1) is 10.4. The molecule has 0 aromatic rings. The molecule has 0 saturated heterocycles. The molecule has 0 aliphatic carbocycles. The molecule has 22 heavy (non-hydrogen) atoms. The summed E-state index contributed by atoms with van der Waals surface area (Å²) in [6, 6.07) is 0. The van der Waals surface area contributed by atoms with Crippen molar-refractivity contribution in [3.63, 3.8) is 0 Å². The van der Waals surface area contributed by atoms with Crippen molar-refractivity contribution in [2.75, 3.05) is 81.6 Å². The summed E-state index contributed by atoms with van der Waals surface area (Å²) in [5.41, 5.74) is 0. The third-order valence-electron chi connectivity index (χ3n) is 2.59. The van der Waals surface area contributed by atoms with Crippen molar-refractivity contribution in [1.29, 1.82) is 0 Å². The number of nitrogens with zero attached hydrogens (tertiary/aromatic N) is 4. The maximum atomic E-state index is 2.54. The Bertz CT molecular complexity index is 131. The van der Waals surface area contributed by atoms with Gasteiger partial charge in [0.15, 0.2) is 0 Å². The summed E-state index contributed by atoms with van der Waals surface area (Å²) in [6.07, 6.45) is 0. The predicted octanol–water partition coefficient (Wildman–Crippen LogP) is 3.05. The van der Waals surface area contributed by atoms with Crippen LogP contribution in [-0.4, -0.2) is 101 Å². The topological polar surface area (TPSA) is 13.0 Å². The Morgan fingerprint density at radius 1 is 0.364 bits per heavy atom. The first kappa shape index (κ1) is 29.8. The summed E-state index contributed by atoms with van der Waals surface area (Å²) < 4.78 is 0. The molecule has 0 rings (SSSR count). The lowest BCUT2D eigenvalue weighted by molar-refractivity contribution is 0.201. The van der Waals surface area contributed by atoms with Crippen molar-refractivity contribution in [3.05, 3.63) is 0 Å². The molecule has 140 valence electrons. The van der Waals surface area contributed by atoms with Gasteiger partial charge in [-0.05, 0) is 42.3 Å². The normalized spacial score (nSPS) is 9.82. The van der Waals surface area contributed by atoms with Crippen LogP contribution in [0, 0.1) is 0 Å². The molecule has 4 nitrogen and oxygen atoms in total. The van der Waals surface area contributed by atoms with Gasteiger partial charge in [-0.2, -0.15) is 0 Å². The minimum absolute atomic E-state index is 1.14. The molecule has 0 heterocycles. The minimum Gasteiger partial charge on any atom is -0.308 e. The van der Waals surface area contributed by atoms with Gasteiger partial charge in [-0.15, -0.1) is 0 Å². The van der Waals surface area contributed by atoms with Crippen molar-refractivity contribution >= 4 is 0 Å². The van der Waals surface area contributed by atoms with Gasteiger partial charge in [0.1, 0.15) is 0 Å². The molecule has 0 radical (unpaired) electrons. The zero-order valence-electron chi connectivity index (χ0n) is 18.0. The zero-order valence-corrected chi connectivity index (χ0v) is 18.0. The van der Waals surface area contributed by atoms with Crippen molar-refractivity contribution in [1.82, 2.24) is 19.6 Å². The van der Waals surface area contributed by atoms with Gasteiger partial charge < -0.3 is 14.7 Å². The lowest BCUT2D eigenvalue weighted by Crippen LogP contribution is -2.40. The van der Waals surface area contributed by atoms with Crippen molar-refractivity contribution < 1.29 is 0 Å². The monoisotopic (exact) mass is 320 g/mol. The quantitative estimate of drug-likeness (QED) is 0.647. The van der Waals surface area contributed by atoms with Crippen molar-refractivity contribution in [2.45, 2.75) is 41.5 Å². The average molecular weight is 321 g/mol. The fraction of sp³-hybridized carbons (Fsp3) is 1.00. The summed E-state index contributed by atoms with van der Waals surface area (Å²) in [6.45, 7) is 18.9. The van der Waals surface area contributed by atoms with E-state index in [2.05, 4.69) is 61.9 Å². The molecule has 4 heteroatoms. The van der Waals surface area contributed by atoms with E-state index in [9.17, 15) is 0 Å². The van der Waals surface area contributed by atoms with Crippen LogP contribution in [0.5, 0.6) is 0 Å². The van der Waals surface area contributed by atoms with Crippen LogP contribution in [-0.2, 0) is 0 Å². The Morgan fingerprint density at radius 2 is 0.545 bits per heavy atom. The van der Waals surface area contributed by atoms with E-state index >= 15 is 0 Å². The van der Waals surface area contributed by atoms with E-state index in [0.29, 0.717) is 0 Å². The molecule has 0 amide bonds. The number of rotatable bonds is 9. The van der Waals surface area contributed by atoms with E-state index in [-0.39, 0.29) is 0 Å². The van der Waals surface area contributed by atoms with Gasteiger partial charge in [0.25, 0.3) is 0 Å². The Hall–Kier alpha value is -0.160. The van der Waals surface area contributed by atoms with Crippen LogP contribution in [0.2, 0.25) is 0 Å². The molecule has 0 aromatic heterocycles. The van der Waals surface area contributed by atoms with Crippen LogP contribution >= 0.6 is 0 Å². The fourth-order valence-corrected chi connectivity index (χ4v) is 1.36. The highest BCUT2D eigenvalue weighted by Gasteiger charge is 2.06. The molecule has 0 spiro atoms. The third-order valence-corrected chi connectivity index (χ3v) is 2.59. The predicted molar refractivity (Wildman–Crippen MR) is 106 cm³/mol. The van der Waals surface area contributed by atoms with E-state index in [4.69, 9.17) is 0 Å². The maximum absolute atomic E-state index is 2.54. The van der Waals surface area contributed by atoms with E-state index in [1.54, 1.807) is 0 Å². The Morgan fingerprint density at radius 3 is 0.682 bits per heavy atom. The number of hydrogen-bond donors (Lipinski definition) is 0. The van der Waals surface area contributed by atoms with Gasteiger partial charge >= 0.3 is 0 Å². The smallest absolute Gasteiger partial charge is 0.0110 e. The van der Waals surface area contributed by atoms with Gasteiger partial charge in [-0.3, -0.25) is 4.90 Å². The summed E-state index contributed by atoms with van der Waals surface area (Å²) in [5, 5.41) is 0. The Labute approximate surface area is 143 Å². The van der Waals surface area contributed by atoms with Gasteiger partial charge in [-0.25, -0.2) is 0 Å². The van der Waals surface area contributed by atoms with Gasteiger partial charge in [0.05, 0.1) is 0 Å². The molecule has 0 saturated carbocycles. The van der Waals surface area contributed by atoms with Gasteiger partial charge in [-0.1, -0.05) is 41.5 Å². The third kappa shape index (κ3) is 32.0. The standard InChI is InChI=1S/C12H30N4.3C2H6/c1-13(2)7-10-16(11-8-14(3)4)12-9-15(5)6;3*1-2/h7-12H2,1-6H3;3*1-2H3. The second-order valence-electron chi connectivity index (χ2n) is 5.25. The SMILES string of the molecule is CC.CC.CC.CN(C)CCN(CCN(C)C)CCN(C)C. The maximum Gasteiger partial charge on any atom is 0.0110 e. The molecular weight excluding hydrogens is 272 g/mol. The average Bonchev–Trinajstić information content (AvgIpc) is 2.52. The highest BCUT2D eigenvalue weighted by Crippen LogP contribution is 1.91. The molecule has 0 aliphatic rings. The van der Waals surface area contributed by atoms with Crippen LogP contribution in [0.15, 0.2) is 0 Å². The summed E-state index contributed by atoms with van der Waals surface area (Å²) in [4.78, 5) is 9.29. The number of hydrogen-bond acceptors (Lipinski definition) is 4. The highest BCUT2D eigenvalue weighted by molar-refractivity contribution is 4.63. The zero-order chi connectivity index (χ0) is 18.6. The molecule has 0 fully saturated rings. The summed E-state index contributed by atoms with van der Waals surface area (Å²) in [7, 11) is 12.8. The minimum atomic E-state index is 1.14.